The van der Waals surface area contributed by atoms with E-state index in [0.717, 1.165) is 100 Å². The monoisotopic (exact) mass is 1090 g/mol. The van der Waals surface area contributed by atoms with Crippen LogP contribution in [0.15, 0.2) is 237 Å². The summed E-state index contributed by atoms with van der Waals surface area (Å²) in [7, 11) is 0. The molecule has 4 heterocycles. The fraction of sp³-hybridized carbons (Fsp3) is 0. The van der Waals surface area contributed by atoms with Gasteiger partial charge < -0.3 is 23.7 Å². The van der Waals surface area contributed by atoms with Crippen LogP contribution in [-0.2, 0) is 21.1 Å². The fourth-order valence-corrected chi connectivity index (χ4v) is 10.6. The topological polar surface area (TPSA) is 38.5 Å². The van der Waals surface area contributed by atoms with Crippen LogP contribution in [0.1, 0.15) is 0 Å². The largest absolute Gasteiger partial charge is 0.509 e. The maximum Gasteiger partial charge on any atom is 0.135 e. The van der Waals surface area contributed by atoms with Gasteiger partial charge in [-0.2, -0.15) is 6.07 Å². The van der Waals surface area contributed by atoms with Crippen molar-refractivity contribution in [2.75, 3.05) is 9.80 Å². The molecule has 14 rings (SSSR count). The van der Waals surface area contributed by atoms with Gasteiger partial charge in [0, 0.05) is 88.6 Å². The molecule has 0 bridgehead atoms. The van der Waals surface area contributed by atoms with Gasteiger partial charge in [-0.25, -0.2) is 4.98 Å². The van der Waals surface area contributed by atoms with Gasteiger partial charge in [0.05, 0.1) is 11.0 Å². The average molecular weight is 1090 g/mol. The number of fused-ring (bicyclic) bond motifs is 9. The van der Waals surface area contributed by atoms with Crippen molar-refractivity contribution in [2.45, 2.75) is 0 Å². The Bertz CT molecular complexity index is 4040. The first-order chi connectivity index (χ1) is 34.7. The molecule has 0 spiro atoms. The number of hydrogen-bond donors (Lipinski definition) is 0. The second-order valence-electron chi connectivity index (χ2n) is 17.6. The van der Waals surface area contributed by atoms with E-state index in [1.165, 1.54) is 10.8 Å². The van der Waals surface area contributed by atoms with Crippen LogP contribution in [0.5, 0.6) is 11.5 Å². The molecule has 0 saturated carbocycles. The molecule has 7 heteroatoms. The van der Waals surface area contributed by atoms with E-state index in [4.69, 9.17) is 9.72 Å². The summed E-state index contributed by atoms with van der Waals surface area (Å²) in [4.78, 5) is 9.43. The molecule has 0 saturated heterocycles. The summed E-state index contributed by atoms with van der Waals surface area (Å²) in [5.74, 6) is 1.93. The van der Waals surface area contributed by atoms with Gasteiger partial charge in [0.25, 0.3) is 0 Å². The van der Waals surface area contributed by atoms with Crippen LogP contribution in [0, 0.1) is 18.8 Å². The molecule has 71 heavy (non-hydrogen) atoms. The number of ether oxygens (including phenoxy) is 1. The zero-order valence-electron chi connectivity index (χ0n) is 38.1. The fourth-order valence-electron chi connectivity index (χ4n) is 10.6. The number of anilines is 4. The smallest absolute Gasteiger partial charge is 0.135 e. The van der Waals surface area contributed by atoms with Gasteiger partial charge in [-0.1, -0.05) is 187 Å². The SMILES string of the molecule is [Pt].[c-]1c(Oc2[c-]c3c(cc2)c2ccccc2n3-c2ccccn2)cc(-n2c3ccccc3c3ccccc32)cc1N1[CH-]N(c2c(-c3ccccc3)cccc2-c2ccccc2)c2c1ccc1ccccc21. The Balaban J connectivity index is 0.00000492. The van der Waals surface area contributed by atoms with Crippen molar-refractivity contribution >= 4 is 77.1 Å². The van der Waals surface area contributed by atoms with Crippen LogP contribution < -0.4 is 14.5 Å². The Labute approximate surface area is 425 Å². The predicted octanol–water partition coefficient (Wildman–Crippen LogP) is 16.6. The van der Waals surface area contributed by atoms with Gasteiger partial charge in [0.2, 0.25) is 0 Å². The van der Waals surface area contributed by atoms with Crippen LogP contribution in [0.3, 0.4) is 0 Å². The number of aromatic nitrogens is 3. The zero-order chi connectivity index (χ0) is 46.1. The summed E-state index contributed by atoms with van der Waals surface area (Å²) in [6.07, 6.45) is 1.83. The van der Waals surface area contributed by atoms with Crippen molar-refractivity contribution in [3.63, 3.8) is 0 Å². The van der Waals surface area contributed by atoms with Crippen LogP contribution in [0.4, 0.5) is 22.7 Å². The average Bonchev–Trinajstić information content (AvgIpc) is 4.10. The van der Waals surface area contributed by atoms with Crippen LogP contribution in [-0.4, -0.2) is 14.1 Å². The van der Waals surface area contributed by atoms with E-state index >= 15 is 0 Å². The molecule has 6 nitrogen and oxygen atoms in total. The van der Waals surface area contributed by atoms with Gasteiger partial charge in [-0.15, -0.1) is 42.4 Å². The van der Waals surface area contributed by atoms with Crippen LogP contribution >= 0.6 is 0 Å². The second kappa shape index (κ2) is 17.4. The molecule has 10 aromatic carbocycles. The van der Waals surface area contributed by atoms with Crippen molar-refractivity contribution in [2.24, 2.45) is 0 Å². The Hall–Kier alpha value is -8.70. The third-order valence-electron chi connectivity index (χ3n) is 13.6. The second-order valence-corrected chi connectivity index (χ2v) is 17.6. The minimum absolute atomic E-state index is 0. The summed E-state index contributed by atoms with van der Waals surface area (Å²) in [6, 6.07) is 88.8. The maximum atomic E-state index is 7.05. The van der Waals surface area contributed by atoms with Crippen molar-refractivity contribution in [3.05, 3.63) is 256 Å². The molecule has 0 radical (unpaired) electrons. The predicted molar refractivity (Wildman–Crippen MR) is 287 cm³/mol. The molecule has 0 unspecified atom stereocenters. The van der Waals surface area contributed by atoms with E-state index in [1.54, 1.807) is 0 Å². The van der Waals surface area contributed by atoms with E-state index in [9.17, 15) is 0 Å². The molecular weight excluding hydrogens is 1050 g/mol. The van der Waals surface area contributed by atoms with Gasteiger partial charge in [-0.05, 0) is 58.3 Å². The Morgan fingerprint density at radius 1 is 0.423 bits per heavy atom. The summed E-state index contributed by atoms with van der Waals surface area (Å²) in [6.45, 7) is 2.24. The first kappa shape index (κ1) is 42.4. The number of rotatable bonds is 8. The Morgan fingerprint density at radius 2 is 1.01 bits per heavy atom. The van der Waals surface area contributed by atoms with E-state index < -0.39 is 0 Å². The van der Waals surface area contributed by atoms with E-state index in [-0.39, 0.29) is 21.1 Å². The first-order valence-electron chi connectivity index (χ1n) is 23.5. The number of hydrogen-bond acceptors (Lipinski definition) is 4. The van der Waals surface area contributed by atoms with Gasteiger partial charge in [0.1, 0.15) is 5.82 Å². The standard InChI is InChI=1S/C64H40N5O.Pt/c1-3-18-43(19-4-1)50-27-17-28-51(44-20-5-2-6-21-44)63(50)67-42-66(60-36-33-45-22-7-8-23-52(45)64(60)67)46-38-47(68-57-29-12-9-24-53(57)54-25-10-13-30-58(54)68)40-49(39-46)70-48-34-35-56-55-26-11-14-31-59(55)69(61(56)41-48)62-32-15-16-37-65-62;/h1-38,40,42H;/q-3;. The number of para-hydroxylation sites is 4. The molecule has 0 atom stereocenters. The molecule has 13 aromatic rings. The number of pyridine rings is 1. The Kier molecular flexibility index (Phi) is 10.4. The van der Waals surface area contributed by atoms with E-state index in [1.807, 2.05) is 30.5 Å². The molecule has 3 aromatic heterocycles. The summed E-state index contributed by atoms with van der Waals surface area (Å²) < 4.78 is 11.5. The van der Waals surface area contributed by atoms with Gasteiger partial charge >= 0.3 is 0 Å². The molecular formula is C64H40N5OPt-3. The normalized spacial score (nSPS) is 12.3. The van der Waals surface area contributed by atoms with Crippen molar-refractivity contribution in [1.29, 1.82) is 0 Å². The third-order valence-corrected chi connectivity index (χ3v) is 13.6. The molecule has 1 aliphatic rings. The molecule has 1 aliphatic heterocycles. The van der Waals surface area contributed by atoms with Gasteiger partial charge in [0.15, 0.2) is 0 Å². The molecule has 0 fully saturated rings. The minimum atomic E-state index is 0. The number of nitrogens with zero attached hydrogens (tertiary/aromatic N) is 5. The quantitative estimate of drug-likeness (QED) is 0.142. The molecule has 0 N–H and O–H groups in total. The third kappa shape index (κ3) is 7.01. The van der Waals surface area contributed by atoms with Gasteiger partial charge in [-0.3, -0.25) is 0 Å². The summed E-state index contributed by atoms with van der Waals surface area (Å²) in [5.41, 5.74) is 13.6. The van der Waals surface area contributed by atoms with Crippen LogP contribution in [0.25, 0.3) is 88.1 Å². The first-order valence-corrected chi connectivity index (χ1v) is 23.5. The molecule has 340 valence electrons. The molecule has 0 amide bonds. The van der Waals surface area contributed by atoms with Crippen LogP contribution in [0.2, 0.25) is 0 Å². The summed E-state index contributed by atoms with van der Waals surface area (Å²) >= 11 is 0. The zero-order valence-corrected chi connectivity index (χ0v) is 40.3. The van der Waals surface area contributed by atoms with E-state index in [0.29, 0.717) is 11.5 Å². The number of benzene rings is 10. The minimum Gasteiger partial charge on any atom is -0.509 e. The van der Waals surface area contributed by atoms with Crippen molar-refractivity contribution in [1.82, 2.24) is 14.1 Å². The Morgan fingerprint density at radius 3 is 1.68 bits per heavy atom. The van der Waals surface area contributed by atoms with Crippen molar-refractivity contribution in [3.8, 4) is 45.3 Å². The maximum absolute atomic E-state index is 7.05. The summed E-state index contributed by atoms with van der Waals surface area (Å²) in [5, 5.41) is 6.84. The van der Waals surface area contributed by atoms with Crippen molar-refractivity contribution < 1.29 is 25.8 Å². The van der Waals surface area contributed by atoms with E-state index in [2.05, 4.69) is 244 Å². The molecule has 0 aliphatic carbocycles.